The zero-order valence-corrected chi connectivity index (χ0v) is 17.9. The topological polar surface area (TPSA) is 76.1 Å². The van der Waals surface area contributed by atoms with Crippen molar-refractivity contribution in [3.05, 3.63) is 29.8 Å². The third-order valence-electron chi connectivity index (χ3n) is 6.25. The molecule has 1 aromatic carbocycles. The third-order valence-corrected chi connectivity index (χ3v) is 6.25. The molecule has 2 amide bonds. The van der Waals surface area contributed by atoms with Crippen molar-refractivity contribution < 1.29 is 14.7 Å². The van der Waals surface area contributed by atoms with Crippen LogP contribution in [0.25, 0.3) is 0 Å². The number of piperidine rings is 1. The monoisotopic (exact) mass is 402 g/mol. The van der Waals surface area contributed by atoms with Gasteiger partial charge in [0.05, 0.1) is 11.5 Å². The Hall–Kier alpha value is -2.12. The van der Waals surface area contributed by atoms with Gasteiger partial charge in [-0.1, -0.05) is 12.1 Å². The number of benzene rings is 1. The number of aliphatic hydroxyl groups is 1. The Morgan fingerprint density at radius 2 is 1.90 bits per heavy atom. The number of amides is 2. The van der Waals surface area contributed by atoms with Crippen LogP contribution in [-0.4, -0.2) is 85.2 Å². The number of hydrogen-bond acceptors (Lipinski definition) is 5. The molecule has 0 radical (unpaired) electrons. The maximum Gasteiger partial charge on any atom is 0.225 e. The molecule has 0 bridgehead atoms. The van der Waals surface area contributed by atoms with Crippen molar-refractivity contribution in [1.82, 2.24) is 15.1 Å². The number of nitrogens with one attached hydrogen (secondary N) is 1. The molecule has 2 heterocycles. The smallest absolute Gasteiger partial charge is 0.225 e. The summed E-state index contributed by atoms with van der Waals surface area (Å²) in [7, 11) is 1.63. The number of carbonyl (C=O) groups is 2. The number of anilines is 1. The Kier molecular flexibility index (Phi) is 6.80. The van der Waals surface area contributed by atoms with Gasteiger partial charge in [-0.05, 0) is 37.5 Å². The molecule has 7 nitrogen and oxygen atoms in total. The highest BCUT2D eigenvalue weighted by atomic mass is 16.3. The minimum absolute atomic E-state index is 0.00840. The Bertz CT molecular complexity index is 731. The summed E-state index contributed by atoms with van der Waals surface area (Å²) in [6, 6.07) is 8.47. The van der Waals surface area contributed by atoms with E-state index in [4.69, 9.17) is 0 Å². The van der Waals surface area contributed by atoms with Crippen LogP contribution in [0.5, 0.6) is 0 Å². The second-order valence-electron chi connectivity index (χ2n) is 8.56. The SMILES string of the molecule is CNC(=O)[C@@H]1CN(CC2(O)CCN(c3cccc(C)c3)CC2)CCN(C(C)=O)C1. The molecule has 2 aliphatic rings. The van der Waals surface area contributed by atoms with E-state index in [1.165, 1.54) is 11.3 Å². The van der Waals surface area contributed by atoms with E-state index >= 15 is 0 Å². The van der Waals surface area contributed by atoms with Crippen LogP contribution in [0.2, 0.25) is 0 Å². The summed E-state index contributed by atoms with van der Waals surface area (Å²) in [5.41, 5.74) is 1.68. The first-order valence-corrected chi connectivity index (χ1v) is 10.5. The molecular weight excluding hydrogens is 368 g/mol. The quantitative estimate of drug-likeness (QED) is 0.781. The predicted molar refractivity (Wildman–Crippen MR) is 114 cm³/mol. The number of hydrogen-bond donors (Lipinski definition) is 2. The van der Waals surface area contributed by atoms with Crippen LogP contribution < -0.4 is 10.2 Å². The van der Waals surface area contributed by atoms with Gasteiger partial charge >= 0.3 is 0 Å². The lowest BCUT2D eigenvalue weighted by atomic mass is 9.90. The van der Waals surface area contributed by atoms with Crippen molar-refractivity contribution >= 4 is 17.5 Å². The van der Waals surface area contributed by atoms with Gasteiger partial charge in [0.1, 0.15) is 0 Å². The van der Waals surface area contributed by atoms with E-state index in [0.29, 0.717) is 45.6 Å². The van der Waals surface area contributed by atoms with Crippen molar-refractivity contribution in [3.63, 3.8) is 0 Å². The zero-order valence-electron chi connectivity index (χ0n) is 17.9. The lowest BCUT2D eigenvalue weighted by molar-refractivity contribution is -0.131. The fourth-order valence-corrected chi connectivity index (χ4v) is 4.46. The number of carbonyl (C=O) groups excluding carboxylic acids is 2. The van der Waals surface area contributed by atoms with Crippen LogP contribution in [0.15, 0.2) is 24.3 Å². The van der Waals surface area contributed by atoms with Crippen molar-refractivity contribution in [2.24, 2.45) is 5.92 Å². The molecule has 2 saturated heterocycles. The molecule has 0 unspecified atom stereocenters. The number of aryl methyl sites for hydroxylation is 1. The maximum absolute atomic E-state index is 12.3. The summed E-state index contributed by atoms with van der Waals surface area (Å²) in [5.74, 6) is -0.335. The van der Waals surface area contributed by atoms with Gasteiger partial charge in [0.25, 0.3) is 0 Å². The minimum Gasteiger partial charge on any atom is -0.388 e. The summed E-state index contributed by atoms with van der Waals surface area (Å²) >= 11 is 0. The van der Waals surface area contributed by atoms with Crippen LogP contribution in [-0.2, 0) is 9.59 Å². The number of rotatable bonds is 4. The average Bonchev–Trinajstić information content (AvgIpc) is 2.90. The third kappa shape index (κ3) is 5.48. The highest BCUT2D eigenvalue weighted by molar-refractivity contribution is 5.80. The Balaban J connectivity index is 1.62. The summed E-state index contributed by atoms with van der Waals surface area (Å²) in [5, 5.41) is 14.0. The Labute approximate surface area is 173 Å². The van der Waals surface area contributed by atoms with E-state index < -0.39 is 5.60 Å². The van der Waals surface area contributed by atoms with Crippen LogP contribution in [0.4, 0.5) is 5.69 Å². The summed E-state index contributed by atoms with van der Waals surface area (Å²) in [4.78, 5) is 30.4. The Morgan fingerprint density at radius 3 is 2.52 bits per heavy atom. The molecule has 2 aliphatic heterocycles. The molecule has 2 fully saturated rings. The average molecular weight is 403 g/mol. The van der Waals surface area contributed by atoms with E-state index in [2.05, 4.69) is 46.3 Å². The second kappa shape index (κ2) is 9.13. The lowest BCUT2D eigenvalue weighted by Gasteiger charge is -2.42. The van der Waals surface area contributed by atoms with Crippen LogP contribution in [0.1, 0.15) is 25.3 Å². The highest BCUT2D eigenvalue weighted by Gasteiger charge is 2.37. The van der Waals surface area contributed by atoms with Gasteiger partial charge < -0.3 is 20.2 Å². The molecule has 0 aromatic heterocycles. The van der Waals surface area contributed by atoms with Gasteiger partial charge in [-0.25, -0.2) is 0 Å². The largest absolute Gasteiger partial charge is 0.388 e. The Morgan fingerprint density at radius 1 is 1.17 bits per heavy atom. The van der Waals surface area contributed by atoms with Gasteiger partial charge in [-0.15, -0.1) is 0 Å². The van der Waals surface area contributed by atoms with Crippen molar-refractivity contribution in [2.75, 3.05) is 57.8 Å². The van der Waals surface area contributed by atoms with Gasteiger partial charge in [-0.2, -0.15) is 0 Å². The first-order valence-electron chi connectivity index (χ1n) is 10.5. The van der Waals surface area contributed by atoms with Crippen molar-refractivity contribution in [1.29, 1.82) is 0 Å². The molecule has 0 aliphatic carbocycles. The first-order chi connectivity index (χ1) is 13.8. The highest BCUT2D eigenvalue weighted by Crippen LogP contribution is 2.28. The second-order valence-corrected chi connectivity index (χ2v) is 8.56. The summed E-state index contributed by atoms with van der Waals surface area (Å²) in [6.07, 6.45) is 1.39. The number of nitrogens with zero attached hydrogens (tertiary/aromatic N) is 3. The van der Waals surface area contributed by atoms with E-state index in [0.717, 1.165) is 13.1 Å². The van der Waals surface area contributed by atoms with Crippen LogP contribution in [0.3, 0.4) is 0 Å². The fourth-order valence-electron chi connectivity index (χ4n) is 4.46. The fraction of sp³-hybridized carbons (Fsp3) is 0.636. The van der Waals surface area contributed by atoms with E-state index in [9.17, 15) is 14.7 Å². The molecule has 3 rings (SSSR count). The molecular formula is C22H34N4O3. The van der Waals surface area contributed by atoms with Crippen LogP contribution >= 0.6 is 0 Å². The lowest BCUT2D eigenvalue weighted by Crippen LogP contribution is -2.52. The molecule has 1 atom stereocenters. The summed E-state index contributed by atoms with van der Waals surface area (Å²) in [6.45, 7) is 8.07. The minimum atomic E-state index is -0.765. The van der Waals surface area contributed by atoms with Gasteiger partial charge in [0, 0.05) is 65.5 Å². The molecule has 7 heteroatoms. The van der Waals surface area contributed by atoms with E-state index in [1.54, 1.807) is 18.9 Å². The van der Waals surface area contributed by atoms with Gasteiger partial charge in [-0.3, -0.25) is 14.5 Å². The van der Waals surface area contributed by atoms with Gasteiger partial charge in [0.15, 0.2) is 0 Å². The molecule has 0 saturated carbocycles. The molecule has 29 heavy (non-hydrogen) atoms. The number of β-amino-alcohol motifs (C(OH)–C–C–N with tert-alkyl or cyclic N) is 1. The molecule has 0 spiro atoms. The van der Waals surface area contributed by atoms with Gasteiger partial charge in [0.2, 0.25) is 11.8 Å². The van der Waals surface area contributed by atoms with Crippen LogP contribution in [0, 0.1) is 12.8 Å². The normalized spacial score (nSPS) is 22.8. The molecule has 2 N–H and O–H groups in total. The van der Waals surface area contributed by atoms with E-state index in [-0.39, 0.29) is 17.7 Å². The molecule has 1 aromatic rings. The van der Waals surface area contributed by atoms with Crippen molar-refractivity contribution in [3.8, 4) is 0 Å². The summed E-state index contributed by atoms with van der Waals surface area (Å²) < 4.78 is 0. The first kappa shape index (κ1) is 21.6. The van der Waals surface area contributed by atoms with Crippen molar-refractivity contribution in [2.45, 2.75) is 32.3 Å². The van der Waals surface area contributed by atoms with E-state index in [1.807, 2.05) is 0 Å². The zero-order chi connectivity index (χ0) is 21.0. The predicted octanol–water partition coefficient (Wildman–Crippen LogP) is 0.853. The maximum atomic E-state index is 12.3. The standard InChI is InChI=1S/C22H34N4O3/c1-17-5-4-6-20(13-17)25-9-7-22(29,8-10-25)16-24-11-12-26(18(2)27)15-19(14-24)21(28)23-3/h4-6,13,19,29H,7-12,14-16H2,1-3H3,(H,23,28)/t19-/m1/s1. The molecule has 160 valence electrons.